The van der Waals surface area contributed by atoms with E-state index in [1.165, 1.54) is 0 Å². The zero-order chi connectivity index (χ0) is 18.6. The number of nitrogens with zero attached hydrogens (tertiary/aromatic N) is 2. The highest BCUT2D eigenvalue weighted by Crippen LogP contribution is 2.18. The minimum absolute atomic E-state index is 0.189. The quantitative estimate of drug-likeness (QED) is 0.720. The lowest BCUT2D eigenvalue weighted by Crippen LogP contribution is -2.23. The van der Waals surface area contributed by atoms with E-state index in [1.54, 1.807) is 30.7 Å². The van der Waals surface area contributed by atoms with Gasteiger partial charge in [-0.15, -0.1) is 0 Å². The Morgan fingerprint density at radius 3 is 2.35 bits per heavy atom. The third-order valence-electron chi connectivity index (χ3n) is 4.11. The molecule has 1 N–H and O–H groups in total. The second-order valence-electron chi connectivity index (χ2n) is 6.34. The normalized spacial score (nSPS) is 11.7. The Balaban J connectivity index is 1.68. The van der Waals surface area contributed by atoms with Gasteiger partial charge in [-0.2, -0.15) is 0 Å². The van der Waals surface area contributed by atoms with Crippen LogP contribution in [0.4, 0.5) is 0 Å². The van der Waals surface area contributed by atoms with Crippen molar-refractivity contribution < 1.29 is 8.42 Å². The summed E-state index contributed by atoms with van der Waals surface area (Å²) in [4.78, 5) is 8.72. The van der Waals surface area contributed by atoms with Crippen molar-refractivity contribution in [1.82, 2.24) is 14.7 Å². The summed E-state index contributed by atoms with van der Waals surface area (Å²) in [6.07, 6.45) is 5.12. The van der Waals surface area contributed by atoms with Gasteiger partial charge in [-0.25, -0.2) is 13.1 Å². The molecule has 0 aliphatic carbocycles. The average Bonchev–Trinajstić information content (AvgIpc) is 2.67. The molecule has 0 amide bonds. The number of sulfonamides is 1. The zero-order valence-corrected chi connectivity index (χ0v) is 15.6. The first kappa shape index (κ1) is 18.2. The number of hydrogen-bond donors (Lipinski definition) is 1. The maximum Gasteiger partial charge on any atom is 0.240 e. The second-order valence-corrected chi connectivity index (χ2v) is 8.11. The fourth-order valence-electron chi connectivity index (χ4n) is 2.51. The lowest BCUT2D eigenvalue weighted by atomic mass is 10.0. The van der Waals surface area contributed by atoms with Gasteiger partial charge in [-0.3, -0.25) is 9.97 Å². The molecule has 134 valence electrons. The van der Waals surface area contributed by atoms with Crippen LogP contribution >= 0.6 is 0 Å². The van der Waals surface area contributed by atoms with Gasteiger partial charge in [0.25, 0.3) is 0 Å². The molecule has 6 heteroatoms. The molecule has 0 aliphatic rings. The predicted octanol–water partition coefficient (Wildman–Crippen LogP) is 3.75. The smallest absolute Gasteiger partial charge is 0.240 e. The minimum atomic E-state index is -3.55. The maximum absolute atomic E-state index is 12.4. The highest BCUT2D eigenvalue weighted by atomic mass is 32.2. The predicted molar refractivity (Wildman–Crippen MR) is 102 cm³/mol. The molecule has 3 rings (SSSR count). The van der Waals surface area contributed by atoms with Gasteiger partial charge in [-0.1, -0.05) is 32.0 Å². The van der Waals surface area contributed by atoms with Crippen LogP contribution in [0.5, 0.6) is 0 Å². The number of aromatic nitrogens is 2. The molecular weight excluding hydrogens is 346 g/mol. The topological polar surface area (TPSA) is 72.0 Å². The van der Waals surface area contributed by atoms with E-state index in [9.17, 15) is 8.42 Å². The molecule has 26 heavy (non-hydrogen) atoms. The molecule has 0 unspecified atom stereocenters. The molecule has 3 aromatic rings. The van der Waals surface area contributed by atoms with Crippen LogP contribution in [0, 0.1) is 0 Å². The Morgan fingerprint density at radius 1 is 1.00 bits per heavy atom. The number of benzene rings is 1. The van der Waals surface area contributed by atoms with Gasteiger partial charge in [0, 0.05) is 30.7 Å². The van der Waals surface area contributed by atoms with Gasteiger partial charge in [-0.05, 0) is 47.4 Å². The largest absolute Gasteiger partial charge is 0.264 e. The highest BCUT2D eigenvalue weighted by Gasteiger charge is 2.14. The van der Waals surface area contributed by atoms with Crippen LogP contribution in [-0.2, 0) is 16.6 Å². The molecule has 0 bridgehead atoms. The zero-order valence-electron chi connectivity index (χ0n) is 14.8. The van der Waals surface area contributed by atoms with Gasteiger partial charge in [0.1, 0.15) is 0 Å². The first-order valence-electron chi connectivity index (χ1n) is 8.41. The van der Waals surface area contributed by atoms with Gasteiger partial charge in [0.05, 0.1) is 10.6 Å². The van der Waals surface area contributed by atoms with E-state index in [4.69, 9.17) is 0 Å². The standard InChI is InChI=1S/C20H21N3O2S/c1-15(2)17-6-8-19(9-7-17)26(24,25)23-13-16-5-10-20(22-12-16)18-4-3-11-21-14-18/h3-12,14-15,23H,13H2,1-2H3. The van der Waals surface area contributed by atoms with Crippen LogP contribution in [-0.4, -0.2) is 18.4 Å². The van der Waals surface area contributed by atoms with E-state index in [2.05, 4.69) is 28.5 Å². The minimum Gasteiger partial charge on any atom is -0.264 e. The van der Waals surface area contributed by atoms with E-state index < -0.39 is 10.0 Å². The molecule has 0 atom stereocenters. The van der Waals surface area contributed by atoms with Gasteiger partial charge >= 0.3 is 0 Å². The number of pyridine rings is 2. The molecule has 2 aromatic heterocycles. The molecular formula is C20H21N3O2S. The Morgan fingerprint density at radius 2 is 1.77 bits per heavy atom. The van der Waals surface area contributed by atoms with Gasteiger partial charge in [0.2, 0.25) is 10.0 Å². The van der Waals surface area contributed by atoms with E-state index in [1.807, 2.05) is 36.4 Å². The van der Waals surface area contributed by atoms with Crippen molar-refractivity contribution in [2.24, 2.45) is 0 Å². The van der Waals surface area contributed by atoms with Crippen LogP contribution in [0.25, 0.3) is 11.3 Å². The summed E-state index contributed by atoms with van der Waals surface area (Å²) in [5.74, 6) is 0.365. The van der Waals surface area contributed by atoms with E-state index in [0.29, 0.717) is 5.92 Å². The van der Waals surface area contributed by atoms with Crippen LogP contribution in [0.3, 0.4) is 0 Å². The molecule has 0 spiro atoms. The Kier molecular flexibility index (Phi) is 5.44. The van der Waals surface area contributed by atoms with Crippen LogP contribution in [0.15, 0.2) is 72.0 Å². The van der Waals surface area contributed by atoms with Crippen molar-refractivity contribution in [2.75, 3.05) is 0 Å². The van der Waals surface area contributed by atoms with Crippen molar-refractivity contribution in [3.8, 4) is 11.3 Å². The molecule has 0 saturated carbocycles. The van der Waals surface area contributed by atoms with Crippen LogP contribution in [0.2, 0.25) is 0 Å². The first-order valence-corrected chi connectivity index (χ1v) is 9.89. The van der Waals surface area contributed by atoms with Crippen molar-refractivity contribution in [1.29, 1.82) is 0 Å². The monoisotopic (exact) mass is 367 g/mol. The first-order chi connectivity index (χ1) is 12.5. The molecule has 5 nitrogen and oxygen atoms in total. The van der Waals surface area contributed by atoms with Crippen molar-refractivity contribution >= 4 is 10.0 Å². The van der Waals surface area contributed by atoms with Gasteiger partial charge < -0.3 is 0 Å². The summed E-state index contributed by atoms with van der Waals surface area (Å²) < 4.78 is 27.5. The third kappa shape index (κ3) is 4.33. The lowest BCUT2D eigenvalue weighted by molar-refractivity contribution is 0.581. The SMILES string of the molecule is CC(C)c1ccc(S(=O)(=O)NCc2ccc(-c3cccnc3)nc2)cc1. The summed E-state index contributed by atoms with van der Waals surface area (Å²) in [5, 5.41) is 0. The van der Waals surface area contributed by atoms with Crippen molar-refractivity contribution in [2.45, 2.75) is 31.2 Å². The highest BCUT2D eigenvalue weighted by molar-refractivity contribution is 7.89. The van der Waals surface area contributed by atoms with E-state index in [-0.39, 0.29) is 11.4 Å². The maximum atomic E-state index is 12.4. The van der Waals surface area contributed by atoms with Crippen LogP contribution in [0.1, 0.15) is 30.9 Å². The lowest BCUT2D eigenvalue weighted by Gasteiger charge is -2.09. The summed E-state index contributed by atoms with van der Waals surface area (Å²) in [6.45, 7) is 4.34. The van der Waals surface area contributed by atoms with E-state index >= 15 is 0 Å². The molecule has 0 aliphatic heterocycles. The number of nitrogens with one attached hydrogen (secondary N) is 1. The Hall–Kier alpha value is -2.57. The molecule has 0 saturated heterocycles. The van der Waals surface area contributed by atoms with Crippen molar-refractivity contribution in [3.05, 3.63) is 78.2 Å². The number of hydrogen-bond acceptors (Lipinski definition) is 4. The summed E-state index contributed by atoms with van der Waals surface area (Å²) in [6, 6.07) is 14.5. The molecule has 0 radical (unpaired) electrons. The molecule has 2 heterocycles. The third-order valence-corrected chi connectivity index (χ3v) is 5.52. The fraction of sp³-hybridized carbons (Fsp3) is 0.200. The van der Waals surface area contributed by atoms with Gasteiger partial charge in [0.15, 0.2) is 0 Å². The van der Waals surface area contributed by atoms with Crippen LogP contribution < -0.4 is 4.72 Å². The Bertz CT molecular complexity index is 952. The molecule has 0 fully saturated rings. The summed E-state index contributed by atoms with van der Waals surface area (Å²) in [5.41, 5.74) is 3.62. The van der Waals surface area contributed by atoms with Crippen molar-refractivity contribution in [3.63, 3.8) is 0 Å². The summed E-state index contributed by atoms with van der Waals surface area (Å²) >= 11 is 0. The fourth-order valence-corrected chi connectivity index (χ4v) is 3.53. The molecule has 1 aromatic carbocycles. The summed E-state index contributed by atoms with van der Waals surface area (Å²) in [7, 11) is -3.55. The number of rotatable bonds is 6. The van der Waals surface area contributed by atoms with E-state index in [0.717, 1.165) is 22.4 Å². The Labute approximate surface area is 154 Å². The second kappa shape index (κ2) is 7.76. The average molecular weight is 367 g/mol.